The monoisotopic (exact) mass is 495 g/mol. The maximum absolute atomic E-state index is 13.3. The van der Waals surface area contributed by atoms with Gasteiger partial charge < -0.3 is 25.4 Å². The number of carbonyl (C=O) groups is 2. The molecule has 0 aliphatic carbocycles. The fourth-order valence-corrected chi connectivity index (χ4v) is 3.64. The van der Waals surface area contributed by atoms with Gasteiger partial charge in [0.2, 0.25) is 5.91 Å². The summed E-state index contributed by atoms with van der Waals surface area (Å²) in [7, 11) is 2.81. The molecule has 0 radical (unpaired) electrons. The SMILES string of the molecule is COCCCN(C(=O)CNc1cccc(C(=O)OC)c1)c1c(N)n(Cc2ccccc2)c(=O)[nH]c1=O. The normalized spacial score (nSPS) is 10.6. The summed E-state index contributed by atoms with van der Waals surface area (Å²) in [6.07, 6.45) is 0.427. The highest BCUT2D eigenvalue weighted by Crippen LogP contribution is 2.19. The fraction of sp³-hybridized carbons (Fsp3) is 0.280. The van der Waals surface area contributed by atoms with E-state index in [0.29, 0.717) is 24.3 Å². The van der Waals surface area contributed by atoms with Crippen molar-refractivity contribution in [2.45, 2.75) is 13.0 Å². The van der Waals surface area contributed by atoms with Gasteiger partial charge in [-0.05, 0) is 30.2 Å². The quantitative estimate of drug-likeness (QED) is 0.267. The first kappa shape index (κ1) is 26.2. The molecule has 2 aromatic carbocycles. The number of hydrogen-bond donors (Lipinski definition) is 3. The van der Waals surface area contributed by atoms with Gasteiger partial charge >= 0.3 is 11.7 Å². The van der Waals surface area contributed by atoms with Crippen molar-refractivity contribution < 1.29 is 19.1 Å². The van der Waals surface area contributed by atoms with E-state index in [-0.39, 0.29) is 31.1 Å². The van der Waals surface area contributed by atoms with Crippen LogP contribution in [0.1, 0.15) is 22.3 Å². The summed E-state index contributed by atoms with van der Waals surface area (Å²) in [5.41, 5.74) is 6.38. The number of carbonyl (C=O) groups excluding carboxylic acids is 2. The number of benzene rings is 2. The van der Waals surface area contributed by atoms with E-state index >= 15 is 0 Å². The Balaban J connectivity index is 1.91. The highest BCUT2D eigenvalue weighted by Gasteiger charge is 2.24. The number of methoxy groups -OCH3 is 2. The Morgan fingerprint density at radius 2 is 1.83 bits per heavy atom. The van der Waals surface area contributed by atoms with Crippen LogP contribution >= 0.6 is 0 Å². The van der Waals surface area contributed by atoms with Crippen LogP contribution in [-0.4, -0.2) is 55.3 Å². The lowest BCUT2D eigenvalue weighted by molar-refractivity contribution is -0.117. The molecule has 1 heterocycles. The van der Waals surface area contributed by atoms with Crippen LogP contribution < -0.4 is 27.2 Å². The van der Waals surface area contributed by atoms with Crippen molar-refractivity contribution in [3.05, 3.63) is 86.6 Å². The predicted molar refractivity (Wildman–Crippen MR) is 136 cm³/mol. The Hall–Kier alpha value is -4.38. The molecule has 3 aromatic rings. The average molecular weight is 496 g/mol. The van der Waals surface area contributed by atoms with E-state index in [9.17, 15) is 19.2 Å². The number of nitrogens with zero attached hydrogens (tertiary/aromatic N) is 2. The third-order valence-electron chi connectivity index (χ3n) is 5.43. The van der Waals surface area contributed by atoms with Gasteiger partial charge in [-0.3, -0.25) is 19.1 Å². The maximum Gasteiger partial charge on any atom is 0.337 e. The van der Waals surface area contributed by atoms with E-state index in [1.54, 1.807) is 24.3 Å². The van der Waals surface area contributed by atoms with Crippen LogP contribution in [0.15, 0.2) is 64.2 Å². The largest absolute Gasteiger partial charge is 0.465 e. The first-order valence-corrected chi connectivity index (χ1v) is 11.2. The number of anilines is 3. The molecule has 0 aliphatic rings. The Morgan fingerprint density at radius 3 is 2.53 bits per heavy atom. The molecule has 0 unspecified atom stereocenters. The lowest BCUT2D eigenvalue weighted by Gasteiger charge is -2.25. The van der Waals surface area contributed by atoms with E-state index in [2.05, 4.69) is 10.3 Å². The number of H-pyrrole nitrogens is 1. The molecule has 36 heavy (non-hydrogen) atoms. The van der Waals surface area contributed by atoms with E-state index in [1.165, 1.54) is 23.7 Å². The van der Waals surface area contributed by atoms with Crippen LogP contribution in [0.2, 0.25) is 0 Å². The summed E-state index contributed by atoms with van der Waals surface area (Å²) in [6, 6.07) is 15.6. The van der Waals surface area contributed by atoms with E-state index in [0.717, 1.165) is 5.56 Å². The number of hydrogen-bond acceptors (Lipinski definition) is 8. The van der Waals surface area contributed by atoms with E-state index in [1.807, 2.05) is 30.3 Å². The van der Waals surface area contributed by atoms with Gasteiger partial charge in [-0.2, -0.15) is 0 Å². The first-order valence-electron chi connectivity index (χ1n) is 11.2. The number of amides is 1. The zero-order chi connectivity index (χ0) is 26.1. The molecule has 0 saturated heterocycles. The molecule has 0 aliphatic heterocycles. The van der Waals surface area contributed by atoms with Gasteiger partial charge in [-0.15, -0.1) is 0 Å². The Labute approximate surface area is 207 Å². The van der Waals surface area contributed by atoms with Crippen LogP contribution in [0.4, 0.5) is 17.2 Å². The van der Waals surface area contributed by atoms with Crippen molar-refractivity contribution >= 4 is 29.1 Å². The lowest BCUT2D eigenvalue weighted by atomic mass is 10.2. The molecule has 0 bridgehead atoms. The molecule has 11 nitrogen and oxygen atoms in total. The summed E-state index contributed by atoms with van der Waals surface area (Å²) >= 11 is 0. The van der Waals surface area contributed by atoms with Crippen molar-refractivity contribution in [3.8, 4) is 0 Å². The van der Waals surface area contributed by atoms with E-state index in [4.69, 9.17) is 15.2 Å². The zero-order valence-electron chi connectivity index (χ0n) is 20.2. The summed E-state index contributed by atoms with van der Waals surface area (Å²) in [5, 5.41) is 2.96. The van der Waals surface area contributed by atoms with Crippen molar-refractivity contribution in [2.75, 3.05) is 49.9 Å². The Bertz CT molecular complexity index is 1320. The number of esters is 1. The maximum atomic E-state index is 13.3. The van der Waals surface area contributed by atoms with Crippen LogP contribution in [-0.2, 0) is 20.8 Å². The average Bonchev–Trinajstić information content (AvgIpc) is 2.89. The van der Waals surface area contributed by atoms with Gasteiger partial charge in [0.15, 0.2) is 5.69 Å². The molecule has 0 fully saturated rings. The van der Waals surface area contributed by atoms with Gasteiger partial charge in [0.1, 0.15) is 5.82 Å². The van der Waals surface area contributed by atoms with Gasteiger partial charge in [-0.1, -0.05) is 36.4 Å². The summed E-state index contributed by atoms with van der Waals surface area (Å²) in [5.74, 6) is -1.09. The Morgan fingerprint density at radius 1 is 1.08 bits per heavy atom. The first-order chi connectivity index (χ1) is 17.3. The minimum absolute atomic E-state index is 0.114. The predicted octanol–water partition coefficient (Wildman–Crippen LogP) is 1.44. The standard InChI is InChI=1S/C25H29N5O6/c1-35-13-7-12-29(20(31)15-27-19-11-6-10-18(14-19)24(33)36-2)21-22(26)30(25(34)28-23(21)32)16-17-8-4-3-5-9-17/h3-6,8-11,14,27H,7,12-13,15-16,26H2,1-2H3,(H,28,32,34). The van der Waals surface area contributed by atoms with Gasteiger partial charge in [0, 0.05) is 25.9 Å². The molecular weight excluding hydrogens is 466 g/mol. The van der Waals surface area contributed by atoms with Crippen molar-refractivity contribution in [1.82, 2.24) is 9.55 Å². The molecule has 3 rings (SSSR count). The third kappa shape index (κ3) is 6.39. The third-order valence-corrected chi connectivity index (χ3v) is 5.43. The minimum atomic E-state index is -0.764. The molecular formula is C25H29N5O6. The number of aromatic amines is 1. The number of nitrogen functional groups attached to an aromatic ring is 1. The van der Waals surface area contributed by atoms with Gasteiger partial charge in [-0.25, -0.2) is 9.59 Å². The number of nitrogens with two attached hydrogens (primary N) is 1. The second kappa shape index (κ2) is 12.4. The molecule has 0 spiro atoms. The zero-order valence-corrected chi connectivity index (χ0v) is 20.2. The van der Waals surface area contributed by atoms with Crippen molar-refractivity contribution in [3.63, 3.8) is 0 Å². The molecule has 0 atom stereocenters. The summed E-state index contributed by atoms with van der Waals surface area (Å²) in [6.45, 7) is 0.398. The van der Waals surface area contributed by atoms with Crippen molar-refractivity contribution in [2.24, 2.45) is 0 Å². The smallest absolute Gasteiger partial charge is 0.337 e. The second-order valence-corrected chi connectivity index (χ2v) is 7.88. The molecule has 11 heteroatoms. The number of nitrogens with one attached hydrogen (secondary N) is 2. The number of aromatic nitrogens is 2. The van der Waals surface area contributed by atoms with Crippen LogP contribution in [0.5, 0.6) is 0 Å². The number of ether oxygens (including phenoxy) is 2. The molecule has 4 N–H and O–H groups in total. The number of rotatable bonds is 11. The van der Waals surface area contributed by atoms with Crippen LogP contribution in [0.3, 0.4) is 0 Å². The topological polar surface area (TPSA) is 149 Å². The Kier molecular flexibility index (Phi) is 9.01. The van der Waals surface area contributed by atoms with Crippen molar-refractivity contribution in [1.29, 1.82) is 0 Å². The van der Waals surface area contributed by atoms with Crippen LogP contribution in [0, 0.1) is 0 Å². The summed E-state index contributed by atoms with van der Waals surface area (Å²) in [4.78, 5) is 54.0. The lowest BCUT2D eigenvalue weighted by Crippen LogP contribution is -2.44. The fourth-order valence-electron chi connectivity index (χ4n) is 3.64. The van der Waals surface area contributed by atoms with Crippen LogP contribution in [0.25, 0.3) is 0 Å². The van der Waals surface area contributed by atoms with Gasteiger partial charge in [0.05, 0.1) is 25.8 Å². The van der Waals surface area contributed by atoms with Gasteiger partial charge in [0.25, 0.3) is 5.56 Å². The summed E-state index contributed by atoms with van der Waals surface area (Å²) < 4.78 is 11.0. The van der Waals surface area contributed by atoms with E-state index < -0.39 is 23.1 Å². The second-order valence-electron chi connectivity index (χ2n) is 7.88. The molecule has 1 aromatic heterocycles. The minimum Gasteiger partial charge on any atom is -0.465 e. The molecule has 0 saturated carbocycles. The highest BCUT2D eigenvalue weighted by atomic mass is 16.5. The molecule has 1 amide bonds. The highest BCUT2D eigenvalue weighted by molar-refractivity contribution is 5.98. The molecule has 190 valence electrons.